The molecule has 0 N–H and O–H groups in total. The van der Waals surface area contributed by atoms with Gasteiger partial charge in [0.25, 0.3) is 0 Å². The smallest absolute Gasteiger partial charge is 1.00 e. The fraction of sp³-hybridized carbons (Fsp3) is 0.933. The first-order valence-corrected chi connectivity index (χ1v) is 7.05. The molecule has 0 atom stereocenters. The summed E-state index contributed by atoms with van der Waals surface area (Å²) >= 11 is 0. The number of rotatable bonds is 8. The summed E-state index contributed by atoms with van der Waals surface area (Å²) in [6.45, 7) is 14.9. The molecule has 0 saturated heterocycles. The second-order valence-electron chi connectivity index (χ2n) is 7.17. The molecule has 6 heteroatoms. The van der Waals surface area contributed by atoms with Crippen LogP contribution in [0.15, 0.2) is 0 Å². The summed E-state index contributed by atoms with van der Waals surface area (Å²) in [5.74, 6) is 0. The Balaban J connectivity index is -0.00000180. The van der Waals surface area contributed by atoms with Crippen molar-refractivity contribution in [1.29, 1.82) is 0 Å². The minimum absolute atomic E-state index is 0. The van der Waals surface area contributed by atoms with Crippen molar-refractivity contribution < 1.29 is 54.7 Å². The van der Waals surface area contributed by atoms with Crippen LogP contribution in [0.25, 0.3) is 0 Å². The molecule has 0 amide bonds. The zero-order valence-electron chi connectivity index (χ0n) is 15.8. The average molecular weight is 314 g/mol. The maximum absolute atomic E-state index is 11.2. The molecule has 0 rings (SSSR count). The quantitative estimate of drug-likeness (QED) is 0.368. The van der Waals surface area contributed by atoms with Gasteiger partial charge in [0.15, 0.2) is 0 Å². The average Bonchev–Trinajstić information content (AvgIpc) is 2.25. The molecule has 0 aromatic rings. The third-order valence-corrected chi connectivity index (χ3v) is 1.97. The first kappa shape index (κ1) is 23.5. The maximum Gasteiger partial charge on any atom is 1.00 e. The predicted octanol–water partition coefficient (Wildman–Crippen LogP) is 0.382. The van der Waals surface area contributed by atoms with Crippen LogP contribution in [0.1, 0.15) is 43.0 Å². The van der Waals surface area contributed by atoms with Crippen LogP contribution < -0.4 is 29.6 Å². The van der Waals surface area contributed by atoms with Gasteiger partial charge in [-0.15, -0.1) is 0 Å². The molecule has 0 unspecified atom stereocenters. The zero-order chi connectivity index (χ0) is 15.6. The Kier molecular flexibility index (Phi) is 13.1. The fourth-order valence-corrected chi connectivity index (χ4v) is 1.17. The van der Waals surface area contributed by atoms with Crippen LogP contribution in [-0.4, -0.2) is 45.8 Å². The van der Waals surface area contributed by atoms with E-state index in [1.54, 1.807) is 0 Å². The first-order chi connectivity index (χ1) is 9.10. The van der Waals surface area contributed by atoms with Crippen molar-refractivity contribution in [2.75, 3.05) is 39.6 Å². The number of ether oxygens (including phenoxy) is 4. The SMILES string of the molecule is CC(C)(C)COCCOC(=O)OCCOCC(C)(C)C.[H-].[Na+]. The molecule has 0 heterocycles. The van der Waals surface area contributed by atoms with Crippen molar-refractivity contribution in [3.8, 4) is 0 Å². The fourth-order valence-electron chi connectivity index (χ4n) is 1.17. The van der Waals surface area contributed by atoms with E-state index in [1.165, 1.54) is 0 Å². The van der Waals surface area contributed by atoms with E-state index in [1.807, 2.05) is 0 Å². The van der Waals surface area contributed by atoms with Gasteiger partial charge in [-0.2, -0.15) is 0 Å². The summed E-state index contributed by atoms with van der Waals surface area (Å²) in [5.41, 5.74) is 0.232. The van der Waals surface area contributed by atoms with Crippen molar-refractivity contribution in [2.45, 2.75) is 41.5 Å². The van der Waals surface area contributed by atoms with E-state index in [0.717, 1.165) is 0 Å². The first-order valence-electron chi connectivity index (χ1n) is 7.05. The summed E-state index contributed by atoms with van der Waals surface area (Å²) in [7, 11) is 0. The zero-order valence-corrected chi connectivity index (χ0v) is 16.8. The standard InChI is InChI=1S/C15H30O5.Na.H/c1-14(2,3)11-17-7-9-19-13(16)20-10-8-18-12-15(4,5)6;;/h7-12H2,1-6H3;;/q;+1;-1. The monoisotopic (exact) mass is 314 g/mol. The molecule has 0 aliphatic heterocycles. The molecule has 0 aliphatic carbocycles. The summed E-state index contributed by atoms with van der Waals surface area (Å²) < 4.78 is 20.5. The normalized spacial score (nSPS) is 11.7. The van der Waals surface area contributed by atoms with E-state index in [9.17, 15) is 4.79 Å². The van der Waals surface area contributed by atoms with Gasteiger partial charge >= 0.3 is 35.7 Å². The Morgan fingerprint density at radius 2 is 1.10 bits per heavy atom. The van der Waals surface area contributed by atoms with Crippen LogP contribution in [0.5, 0.6) is 0 Å². The van der Waals surface area contributed by atoms with Crippen LogP contribution in [0.2, 0.25) is 0 Å². The predicted molar refractivity (Wildman–Crippen MR) is 79.0 cm³/mol. The molecular formula is C15H31NaO5. The van der Waals surface area contributed by atoms with E-state index in [-0.39, 0.29) is 55.0 Å². The Morgan fingerprint density at radius 3 is 1.38 bits per heavy atom. The van der Waals surface area contributed by atoms with Crippen molar-refractivity contribution in [1.82, 2.24) is 0 Å². The molecule has 0 saturated carbocycles. The molecule has 0 aromatic heterocycles. The summed E-state index contributed by atoms with van der Waals surface area (Å²) in [6, 6.07) is 0. The Labute approximate surface area is 152 Å². The van der Waals surface area contributed by atoms with Gasteiger partial charge < -0.3 is 20.4 Å². The van der Waals surface area contributed by atoms with E-state index < -0.39 is 6.16 Å². The minimum Gasteiger partial charge on any atom is -1.00 e. The summed E-state index contributed by atoms with van der Waals surface area (Å²) in [4.78, 5) is 11.2. The molecular weight excluding hydrogens is 283 g/mol. The van der Waals surface area contributed by atoms with Gasteiger partial charge in [-0.05, 0) is 10.8 Å². The van der Waals surface area contributed by atoms with Gasteiger partial charge in [0, 0.05) is 0 Å². The molecule has 0 aliphatic rings. The van der Waals surface area contributed by atoms with Crippen LogP contribution in [0.3, 0.4) is 0 Å². The van der Waals surface area contributed by atoms with Crippen molar-refractivity contribution in [3.05, 3.63) is 0 Å². The van der Waals surface area contributed by atoms with Crippen molar-refractivity contribution >= 4 is 6.16 Å². The second kappa shape index (κ2) is 11.7. The van der Waals surface area contributed by atoms with E-state index in [0.29, 0.717) is 26.4 Å². The Hall–Kier alpha value is 0.190. The summed E-state index contributed by atoms with van der Waals surface area (Å²) in [6.07, 6.45) is -0.677. The molecule has 0 fully saturated rings. The van der Waals surface area contributed by atoms with Crippen molar-refractivity contribution in [3.63, 3.8) is 0 Å². The Morgan fingerprint density at radius 1 is 0.762 bits per heavy atom. The van der Waals surface area contributed by atoms with Crippen LogP contribution in [0, 0.1) is 10.8 Å². The van der Waals surface area contributed by atoms with Crippen LogP contribution in [0.4, 0.5) is 4.79 Å². The molecule has 5 nitrogen and oxygen atoms in total. The van der Waals surface area contributed by atoms with Gasteiger partial charge in [-0.1, -0.05) is 41.5 Å². The van der Waals surface area contributed by atoms with E-state index in [2.05, 4.69) is 41.5 Å². The third kappa shape index (κ3) is 20.2. The van der Waals surface area contributed by atoms with Crippen molar-refractivity contribution in [2.24, 2.45) is 10.8 Å². The van der Waals surface area contributed by atoms with Gasteiger partial charge in [0.2, 0.25) is 0 Å². The Bertz CT molecular complexity index is 248. The third-order valence-electron chi connectivity index (χ3n) is 1.97. The minimum atomic E-state index is -0.677. The van der Waals surface area contributed by atoms with Crippen LogP contribution >= 0.6 is 0 Å². The topological polar surface area (TPSA) is 54.0 Å². The van der Waals surface area contributed by atoms with E-state index >= 15 is 0 Å². The molecule has 0 spiro atoms. The molecule has 0 aromatic carbocycles. The van der Waals surface area contributed by atoms with Crippen LogP contribution in [-0.2, 0) is 18.9 Å². The number of carbonyl (C=O) groups is 1. The maximum atomic E-state index is 11.2. The molecule has 0 bridgehead atoms. The second-order valence-corrected chi connectivity index (χ2v) is 7.17. The van der Waals surface area contributed by atoms with Gasteiger partial charge in [-0.25, -0.2) is 4.79 Å². The molecule has 21 heavy (non-hydrogen) atoms. The number of hydrogen-bond acceptors (Lipinski definition) is 5. The molecule has 122 valence electrons. The van der Waals surface area contributed by atoms with Gasteiger partial charge in [0.1, 0.15) is 13.2 Å². The van der Waals surface area contributed by atoms with Gasteiger partial charge in [-0.3, -0.25) is 0 Å². The number of carbonyl (C=O) groups excluding carboxylic acids is 1. The van der Waals surface area contributed by atoms with Gasteiger partial charge in [0.05, 0.1) is 26.4 Å². The molecule has 0 radical (unpaired) electrons. The van der Waals surface area contributed by atoms with E-state index in [4.69, 9.17) is 18.9 Å². The number of hydrogen-bond donors (Lipinski definition) is 0. The summed E-state index contributed by atoms with van der Waals surface area (Å²) in [5, 5.41) is 0. The largest absolute Gasteiger partial charge is 1.00 e.